The largest absolute Gasteiger partial charge is 0.481 e. The molecule has 1 aromatic heterocycles. The summed E-state index contributed by atoms with van der Waals surface area (Å²) in [6.07, 6.45) is 2.11. The molecule has 6 heteroatoms. The van der Waals surface area contributed by atoms with Crippen molar-refractivity contribution >= 4 is 0 Å². The molecule has 1 aliphatic rings. The fourth-order valence-corrected chi connectivity index (χ4v) is 4.60. The molecule has 35 heavy (non-hydrogen) atoms. The molecule has 0 spiro atoms. The van der Waals surface area contributed by atoms with E-state index in [0.717, 1.165) is 22.3 Å². The van der Waals surface area contributed by atoms with Crippen LogP contribution in [0.15, 0.2) is 72.9 Å². The van der Waals surface area contributed by atoms with E-state index in [4.69, 9.17) is 23.7 Å². The number of pyridine rings is 1. The van der Waals surface area contributed by atoms with Crippen molar-refractivity contribution in [2.45, 2.75) is 64.5 Å². The molecule has 0 radical (unpaired) electrons. The molecule has 1 aliphatic heterocycles. The summed E-state index contributed by atoms with van der Waals surface area (Å²) in [6.45, 7) is 7.64. The summed E-state index contributed by atoms with van der Waals surface area (Å²) in [5.74, 6) is -0.169. The Morgan fingerprint density at radius 2 is 1.60 bits per heavy atom. The number of methoxy groups -OCH3 is 1. The lowest BCUT2D eigenvalue weighted by molar-refractivity contribution is -0.192. The summed E-state index contributed by atoms with van der Waals surface area (Å²) < 4.78 is 31.0. The van der Waals surface area contributed by atoms with E-state index in [1.54, 1.807) is 13.3 Å². The van der Waals surface area contributed by atoms with Crippen LogP contribution in [0.25, 0.3) is 0 Å². The number of hydrogen-bond acceptors (Lipinski definition) is 6. The number of aromatic nitrogens is 1. The minimum absolute atomic E-state index is 0.314. The Balaban J connectivity index is 1.69. The van der Waals surface area contributed by atoms with Crippen molar-refractivity contribution in [2.75, 3.05) is 13.7 Å². The van der Waals surface area contributed by atoms with E-state index in [1.807, 2.05) is 68.4 Å². The van der Waals surface area contributed by atoms with Crippen LogP contribution in [0, 0.1) is 0 Å². The monoisotopic (exact) mass is 477 g/mol. The standard InChI is InChI=1S/C29H35NO5/c1-5-29(26-21-33-28(2,3)35-26,34-19-23-14-10-7-11-15-23)25-16-17-30-27(31-4)24(25)20-32-18-22-12-8-6-9-13-22/h6-17,26H,5,18-21H2,1-4H3/t26-,29?/m0/s1. The average molecular weight is 478 g/mol. The Kier molecular flexibility index (Phi) is 8.19. The molecule has 0 aliphatic carbocycles. The first-order valence-electron chi connectivity index (χ1n) is 12.1. The van der Waals surface area contributed by atoms with Crippen molar-refractivity contribution in [2.24, 2.45) is 0 Å². The maximum Gasteiger partial charge on any atom is 0.218 e. The van der Waals surface area contributed by atoms with Gasteiger partial charge in [-0.2, -0.15) is 0 Å². The molecule has 6 nitrogen and oxygen atoms in total. The van der Waals surface area contributed by atoms with Crippen LogP contribution in [0.5, 0.6) is 5.88 Å². The van der Waals surface area contributed by atoms with Gasteiger partial charge in [-0.25, -0.2) is 4.98 Å². The van der Waals surface area contributed by atoms with Crippen molar-refractivity contribution < 1.29 is 23.7 Å². The second-order valence-corrected chi connectivity index (χ2v) is 9.16. The fourth-order valence-electron chi connectivity index (χ4n) is 4.60. The highest BCUT2D eigenvalue weighted by Gasteiger charge is 2.49. The van der Waals surface area contributed by atoms with E-state index < -0.39 is 11.4 Å². The second kappa shape index (κ2) is 11.3. The molecule has 0 amide bonds. The molecular weight excluding hydrogens is 442 g/mol. The van der Waals surface area contributed by atoms with E-state index in [-0.39, 0.29) is 6.10 Å². The molecule has 2 atom stereocenters. The van der Waals surface area contributed by atoms with Crippen molar-refractivity contribution in [3.05, 3.63) is 95.2 Å². The summed E-state index contributed by atoms with van der Waals surface area (Å²) >= 11 is 0. The molecule has 0 saturated carbocycles. The number of hydrogen-bond donors (Lipinski definition) is 0. The Labute approximate surface area is 208 Å². The lowest BCUT2D eigenvalue weighted by Gasteiger charge is -2.39. The van der Waals surface area contributed by atoms with Gasteiger partial charge in [0.2, 0.25) is 5.88 Å². The van der Waals surface area contributed by atoms with E-state index in [2.05, 4.69) is 24.0 Å². The lowest BCUT2D eigenvalue weighted by Crippen LogP contribution is -2.45. The molecule has 186 valence electrons. The van der Waals surface area contributed by atoms with E-state index in [1.165, 1.54) is 0 Å². The average Bonchev–Trinajstić information content (AvgIpc) is 3.26. The third-order valence-electron chi connectivity index (χ3n) is 6.42. The summed E-state index contributed by atoms with van der Waals surface area (Å²) in [5.41, 5.74) is 3.21. The molecule has 1 unspecified atom stereocenters. The molecule has 1 fully saturated rings. The molecule has 2 heterocycles. The number of ether oxygens (including phenoxy) is 5. The first-order valence-corrected chi connectivity index (χ1v) is 12.1. The number of nitrogens with zero attached hydrogens (tertiary/aromatic N) is 1. The molecule has 3 aromatic rings. The van der Waals surface area contributed by atoms with Gasteiger partial charge < -0.3 is 23.7 Å². The zero-order chi connectivity index (χ0) is 24.7. The Morgan fingerprint density at radius 1 is 0.943 bits per heavy atom. The van der Waals surface area contributed by atoms with Crippen LogP contribution in [0.2, 0.25) is 0 Å². The second-order valence-electron chi connectivity index (χ2n) is 9.16. The molecule has 0 bridgehead atoms. The third-order valence-corrected chi connectivity index (χ3v) is 6.42. The van der Waals surface area contributed by atoms with Gasteiger partial charge in [0.05, 0.1) is 33.5 Å². The predicted molar refractivity (Wildman–Crippen MR) is 134 cm³/mol. The van der Waals surface area contributed by atoms with Crippen LogP contribution in [-0.4, -0.2) is 30.6 Å². The van der Waals surface area contributed by atoms with Gasteiger partial charge in [-0.3, -0.25) is 0 Å². The SMILES string of the molecule is CCC(OCc1ccccc1)(c1ccnc(OC)c1COCc1ccccc1)[C@@H]1COC(C)(C)O1. The first kappa shape index (κ1) is 25.3. The van der Waals surface area contributed by atoms with Crippen LogP contribution in [0.4, 0.5) is 0 Å². The Bertz CT molecular complexity index is 1070. The van der Waals surface area contributed by atoms with Crippen LogP contribution in [0.1, 0.15) is 49.4 Å². The number of benzene rings is 2. The minimum atomic E-state index is -0.786. The third kappa shape index (κ3) is 5.90. The molecule has 0 N–H and O–H groups in total. The van der Waals surface area contributed by atoms with Crippen molar-refractivity contribution in [1.29, 1.82) is 0 Å². The highest BCUT2D eigenvalue weighted by Crippen LogP contribution is 2.44. The van der Waals surface area contributed by atoms with Crippen molar-refractivity contribution in [3.63, 3.8) is 0 Å². The maximum atomic E-state index is 6.79. The number of rotatable bonds is 11. The van der Waals surface area contributed by atoms with Crippen molar-refractivity contribution in [1.82, 2.24) is 4.98 Å². The van der Waals surface area contributed by atoms with Gasteiger partial charge in [0.15, 0.2) is 5.79 Å². The normalized spacial score (nSPS) is 18.8. The highest BCUT2D eigenvalue weighted by atomic mass is 16.8. The van der Waals surface area contributed by atoms with Gasteiger partial charge in [-0.05, 0) is 43.0 Å². The van der Waals surface area contributed by atoms with E-state index in [0.29, 0.717) is 38.7 Å². The Morgan fingerprint density at radius 3 is 2.17 bits per heavy atom. The molecule has 1 saturated heterocycles. The smallest absolute Gasteiger partial charge is 0.218 e. The van der Waals surface area contributed by atoms with Gasteiger partial charge in [0.1, 0.15) is 11.7 Å². The highest BCUT2D eigenvalue weighted by molar-refractivity contribution is 5.39. The fraction of sp³-hybridized carbons (Fsp3) is 0.414. The van der Waals surface area contributed by atoms with Crippen molar-refractivity contribution in [3.8, 4) is 5.88 Å². The quantitative estimate of drug-likeness (QED) is 0.349. The molecule has 2 aromatic carbocycles. The van der Waals surface area contributed by atoms with Crippen LogP contribution >= 0.6 is 0 Å². The summed E-state index contributed by atoms with van der Waals surface area (Å²) in [6, 6.07) is 22.3. The predicted octanol–water partition coefficient (Wildman–Crippen LogP) is 5.78. The Hall–Kier alpha value is -2.77. The molecular formula is C29H35NO5. The summed E-state index contributed by atoms with van der Waals surface area (Å²) in [7, 11) is 1.63. The lowest BCUT2D eigenvalue weighted by atomic mass is 9.83. The van der Waals surface area contributed by atoms with E-state index in [9.17, 15) is 0 Å². The van der Waals surface area contributed by atoms with Crippen LogP contribution in [-0.2, 0) is 44.4 Å². The van der Waals surface area contributed by atoms with Gasteiger partial charge >= 0.3 is 0 Å². The van der Waals surface area contributed by atoms with Crippen LogP contribution < -0.4 is 4.74 Å². The van der Waals surface area contributed by atoms with Crippen LogP contribution in [0.3, 0.4) is 0 Å². The molecule has 4 rings (SSSR count). The zero-order valence-corrected chi connectivity index (χ0v) is 21.0. The van der Waals surface area contributed by atoms with E-state index >= 15 is 0 Å². The summed E-state index contributed by atoms with van der Waals surface area (Å²) in [5, 5.41) is 0. The van der Waals surface area contributed by atoms with Gasteiger partial charge in [0, 0.05) is 11.8 Å². The minimum Gasteiger partial charge on any atom is -0.481 e. The first-order chi connectivity index (χ1) is 17.0. The van der Waals surface area contributed by atoms with Gasteiger partial charge in [0.25, 0.3) is 0 Å². The topological polar surface area (TPSA) is 59.0 Å². The zero-order valence-electron chi connectivity index (χ0n) is 21.0. The maximum absolute atomic E-state index is 6.79. The summed E-state index contributed by atoms with van der Waals surface area (Å²) in [4.78, 5) is 4.47. The van der Waals surface area contributed by atoms with Gasteiger partial charge in [-0.15, -0.1) is 0 Å². The van der Waals surface area contributed by atoms with Gasteiger partial charge in [-0.1, -0.05) is 67.6 Å².